The SMILES string of the molecule is N#CCOc1ccccc1NC(=O)NC1CCCC1. The van der Waals surface area contributed by atoms with Gasteiger partial charge in [-0.05, 0) is 25.0 Å². The van der Waals surface area contributed by atoms with E-state index in [1.165, 1.54) is 12.8 Å². The lowest BCUT2D eigenvalue weighted by Gasteiger charge is -2.14. The van der Waals surface area contributed by atoms with E-state index < -0.39 is 0 Å². The molecule has 1 fully saturated rings. The van der Waals surface area contributed by atoms with Gasteiger partial charge in [0, 0.05) is 6.04 Å². The molecular formula is C14H17N3O2. The van der Waals surface area contributed by atoms with Gasteiger partial charge in [-0.2, -0.15) is 5.26 Å². The minimum atomic E-state index is -0.222. The summed E-state index contributed by atoms with van der Waals surface area (Å²) >= 11 is 0. The molecule has 0 spiro atoms. The minimum Gasteiger partial charge on any atom is -0.477 e. The Balaban J connectivity index is 1.93. The number of benzene rings is 1. The smallest absolute Gasteiger partial charge is 0.319 e. The molecule has 2 amide bonds. The van der Waals surface area contributed by atoms with E-state index in [0.717, 1.165) is 12.8 Å². The molecule has 1 aromatic carbocycles. The van der Waals surface area contributed by atoms with E-state index in [1.54, 1.807) is 18.2 Å². The largest absolute Gasteiger partial charge is 0.477 e. The molecular weight excluding hydrogens is 242 g/mol. The van der Waals surface area contributed by atoms with E-state index in [0.29, 0.717) is 11.4 Å². The van der Waals surface area contributed by atoms with Crippen molar-refractivity contribution in [2.75, 3.05) is 11.9 Å². The number of carbonyl (C=O) groups excluding carboxylic acids is 1. The summed E-state index contributed by atoms with van der Waals surface area (Å²) in [5.41, 5.74) is 0.577. The van der Waals surface area contributed by atoms with Gasteiger partial charge in [-0.15, -0.1) is 0 Å². The second kappa shape index (κ2) is 6.64. The molecule has 0 aromatic heterocycles. The predicted octanol–water partition coefficient (Wildman–Crippen LogP) is 2.65. The molecule has 0 unspecified atom stereocenters. The minimum absolute atomic E-state index is 0.0388. The molecule has 1 aromatic rings. The number of para-hydroxylation sites is 2. The highest BCUT2D eigenvalue weighted by Crippen LogP contribution is 2.24. The van der Waals surface area contributed by atoms with Crippen LogP contribution in [-0.2, 0) is 0 Å². The van der Waals surface area contributed by atoms with Crippen LogP contribution in [0.2, 0.25) is 0 Å². The van der Waals surface area contributed by atoms with E-state index in [1.807, 2.05) is 12.1 Å². The second-order valence-electron chi connectivity index (χ2n) is 4.52. The Bertz CT molecular complexity index is 476. The molecule has 1 saturated carbocycles. The molecule has 0 aliphatic heterocycles. The van der Waals surface area contributed by atoms with Crippen molar-refractivity contribution in [3.63, 3.8) is 0 Å². The van der Waals surface area contributed by atoms with Crippen LogP contribution < -0.4 is 15.4 Å². The Hall–Kier alpha value is -2.22. The van der Waals surface area contributed by atoms with E-state index >= 15 is 0 Å². The van der Waals surface area contributed by atoms with Crippen molar-refractivity contribution >= 4 is 11.7 Å². The number of nitrogens with zero attached hydrogens (tertiary/aromatic N) is 1. The van der Waals surface area contributed by atoms with E-state index in [4.69, 9.17) is 10.00 Å². The van der Waals surface area contributed by atoms with Crippen molar-refractivity contribution in [3.8, 4) is 11.8 Å². The zero-order chi connectivity index (χ0) is 13.5. The lowest BCUT2D eigenvalue weighted by atomic mass is 10.2. The van der Waals surface area contributed by atoms with Gasteiger partial charge in [0.15, 0.2) is 6.61 Å². The van der Waals surface area contributed by atoms with Crippen LogP contribution in [0, 0.1) is 11.3 Å². The van der Waals surface area contributed by atoms with Gasteiger partial charge in [0.25, 0.3) is 0 Å². The summed E-state index contributed by atoms with van der Waals surface area (Å²) in [6.45, 7) is -0.0388. The fraction of sp³-hybridized carbons (Fsp3) is 0.429. The van der Waals surface area contributed by atoms with E-state index in [9.17, 15) is 4.79 Å². The van der Waals surface area contributed by atoms with Crippen LogP contribution in [0.25, 0.3) is 0 Å². The molecule has 1 aliphatic rings. The quantitative estimate of drug-likeness (QED) is 0.873. The number of amides is 2. The van der Waals surface area contributed by atoms with Crippen molar-refractivity contribution in [1.29, 1.82) is 5.26 Å². The summed E-state index contributed by atoms with van der Waals surface area (Å²) < 4.78 is 5.25. The number of anilines is 1. The molecule has 2 rings (SSSR count). The molecule has 100 valence electrons. The molecule has 1 aliphatic carbocycles. The maximum absolute atomic E-state index is 11.9. The highest BCUT2D eigenvalue weighted by molar-refractivity contribution is 5.91. The van der Waals surface area contributed by atoms with Gasteiger partial charge in [0.1, 0.15) is 11.8 Å². The molecule has 2 N–H and O–H groups in total. The summed E-state index contributed by atoms with van der Waals surface area (Å²) in [6.07, 6.45) is 4.43. The topological polar surface area (TPSA) is 74.1 Å². The number of carbonyl (C=O) groups is 1. The van der Waals surface area contributed by atoms with E-state index in [2.05, 4.69) is 10.6 Å². The number of hydrogen-bond acceptors (Lipinski definition) is 3. The van der Waals surface area contributed by atoms with Crippen molar-refractivity contribution in [2.24, 2.45) is 0 Å². The van der Waals surface area contributed by atoms with Crippen molar-refractivity contribution in [1.82, 2.24) is 5.32 Å². The summed E-state index contributed by atoms with van der Waals surface area (Å²) in [6, 6.07) is 9.04. The third kappa shape index (κ3) is 3.88. The first-order valence-electron chi connectivity index (χ1n) is 6.46. The van der Waals surface area contributed by atoms with Crippen LogP contribution >= 0.6 is 0 Å². The number of ether oxygens (including phenoxy) is 1. The molecule has 19 heavy (non-hydrogen) atoms. The highest BCUT2D eigenvalue weighted by atomic mass is 16.5. The standard InChI is InChI=1S/C14H17N3O2/c15-9-10-19-13-8-4-3-7-12(13)17-14(18)16-11-5-1-2-6-11/h3-4,7-8,11H,1-2,5-6,10H2,(H2,16,17,18). The van der Waals surface area contributed by atoms with Crippen LogP contribution in [-0.4, -0.2) is 18.7 Å². The number of rotatable bonds is 4. The van der Waals surface area contributed by atoms with Gasteiger partial charge in [-0.25, -0.2) is 4.79 Å². The first-order chi connectivity index (χ1) is 9.29. The van der Waals surface area contributed by atoms with Crippen LogP contribution in [0.4, 0.5) is 10.5 Å². The van der Waals surface area contributed by atoms with Crippen molar-refractivity contribution in [3.05, 3.63) is 24.3 Å². The third-order valence-corrected chi connectivity index (χ3v) is 3.12. The summed E-state index contributed by atoms with van der Waals surface area (Å²) in [4.78, 5) is 11.9. The maximum atomic E-state index is 11.9. The fourth-order valence-corrected chi connectivity index (χ4v) is 2.22. The van der Waals surface area contributed by atoms with E-state index in [-0.39, 0.29) is 18.7 Å². The Morgan fingerprint density at radius 2 is 2.11 bits per heavy atom. The molecule has 0 bridgehead atoms. The maximum Gasteiger partial charge on any atom is 0.319 e. The molecule has 5 nitrogen and oxygen atoms in total. The summed E-state index contributed by atoms with van der Waals surface area (Å²) in [5.74, 6) is 0.505. The first-order valence-corrected chi connectivity index (χ1v) is 6.46. The highest BCUT2D eigenvalue weighted by Gasteiger charge is 2.17. The Kier molecular flexibility index (Phi) is 4.62. The number of hydrogen-bond donors (Lipinski definition) is 2. The second-order valence-corrected chi connectivity index (χ2v) is 4.52. The predicted molar refractivity (Wildman–Crippen MR) is 72.0 cm³/mol. The number of nitrogens with one attached hydrogen (secondary N) is 2. The van der Waals surface area contributed by atoms with Crippen molar-refractivity contribution in [2.45, 2.75) is 31.7 Å². The van der Waals surface area contributed by atoms with Gasteiger partial charge < -0.3 is 15.4 Å². The molecule has 5 heteroatoms. The lowest BCUT2D eigenvalue weighted by Crippen LogP contribution is -2.36. The normalized spacial score (nSPS) is 14.7. The zero-order valence-corrected chi connectivity index (χ0v) is 10.7. The van der Waals surface area contributed by atoms with Crippen LogP contribution in [0.15, 0.2) is 24.3 Å². The van der Waals surface area contributed by atoms with Crippen LogP contribution in [0.5, 0.6) is 5.75 Å². The van der Waals surface area contributed by atoms with Gasteiger partial charge >= 0.3 is 6.03 Å². The van der Waals surface area contributed by atoms with Gasteiger partial charge in [0.2, 0.25) is 0 Å². The number of nitriles is 1. The molecule has 0 radical (unpaired) electrons. The van der Waals surface area contributed by atoms with Crippen LogP contribution in [0.3, 0.4) is 0 Å². The van der Waals surface area contributed by atoms with Crippen LogP contribution in [0.1, 0.15) is 25.7 Å². The third-order valence-electron chi connectivity index (χ3n) is 3.12. The fourth-order valence-electron chi connectivity index (χ4n) is 2.22. The average Bonchev–Trinajstić information content (AvgIpc) is 2.90. The zero-order valence-electron chi connectivity index (χ0n) is 10.7. The monoisotopic (exact) mass is 259 g/mol. The Morgan fingerprint density at radius 3 is 2.84 bits per heavy atom. The number of urea groups is 1. The Labute approximate surface area is 112 Å². The van der Waals surface area contributed by atoms with Gasteiger partial charge in [-0.3, -0.25) is 0 Å². The summed E-state index contributed by atoms with van der Waals surface area (Å²) in [7, 11) is 0. The Morgan fingerprint density at radius 1 is 1.37 bits per heavy atom. The molecule has 0 saturated heterocycles. The van der Waals surface area contributed by atoms with Crippen molar-refractivity contribution < 1.29 is 9.53 Å². The summed E-state index contributed by atoms with van der Waals surface area (Å²) in [5, 5.41) is 14.2. The lowest BCUT2D eigenvalue weighted by molar-refractivity contribution is 0.248. The van der Waals surface area contributed by atoms with Gasteiger partial charge in [0.05, 0.1) is 5.69 Å². The average molecular weight is 259 g/mol. The molecule has 0 heterocycles. The van der Waals surface area contributed by atoms with Gasteiger partial charge in [-0.1, -0.05) is 25.0 Å². The molecule has 0 atom stereocenters. The first kappa shape index (κ1) is 13.2.